The Hall–Kier alpha value is -0.610. The average molecular weight is 281 g/mol. The molecule has 0 radical (unpaired) electrons. The number of hydrogen-bond acceptors (Lipinski definition) is 3. The summed E-state index contributed by atoms with van der Waals surface area (Å²) in [5.41, 5.74) is 0. The van der Waals surface area contributed by atoms with E-state index in [9.17, 15) is 4.79 Å². The molecular formula is C16H31N3O. The van der Waals surface area contributed by atoms with Gasteiger partial charge in [0.2, 0.25) is 5.91 Å². The van der Waals surface area contributed by atoms with Gasteiger partial charge in [-0.15, -0.1) is 0 Å². The maximum atomic E-state index is 12.4. The summed E-state index contributed by atoms with van der Waals surface area (Å²) in [6.45, 7) is 9.65. The number of nitrogens with one attached hydrogen (secondary N) is 2. The van der Waals surface area contributed by atoms with Crippen LogP contribution in [0.2, 0.25) is 0 Å². The minimum atomic E-state index is 0.0198. The second-order valence-corrected chi connectivity index (χ2v) is 6.53. The normalized spacial score (nSPS) is 28.2. The lowest BCUT2D eigenvalue weighted by Gasteiger charge is -2.37. The standard InChI is InChI=1S/C16H31N3O/c1-4-12(2)18-16(20)13(3)19-11-5-6-15(19)14-7-9-17-10-8-14/h12-15,17H,4-11H2,1-3H3,(H,18,20). The van der Waals surface area contributed by atoms with E-state index in [0.717, 1.165) is 32.0 Å². The van der Waals surface area contributed by atoms with Crippen LogP contribution in [0, 0.1) is 5.92 Å². The fraction of sp³-hybridized carbons (Fsp3) is 0.938. The molecule has 3 unspecified atom stereocenters. The van der Waals surface area contributed by atoms with Crippen molar-refractivity contribution in [1.82, 2.24) is 15.5 Å². The summed E-state index contributed by atoms with van der Waals surface area (Å²) in [6.07, 6.45) is 6.04. The van der Waals surface area contributed by atoms with Crippen molar-refractivity contribution in [2.24, 2.45) is 5.92 Å². The van der Waals surface area contributed by atoms with E-state index in [1.807, 2.05) is 0 Å². The number of piperidine rings is 1. The summed E-state index contributed by atoms with van der Waals surface area (Å²) in [5.74, 6) is 0.984. The van der Waals surface area contributed by atoms with Gasteiger partial charge in [-0.1, -0.05) is 6.92 Å². The maximum absolute atomic E-state index is 12.4. The Kier molecular flexibility index (Phi) is 5.85. The monoisotopic (exact) mass is 281 g/mol. The summed E-state index contributed by atoms with van der Waals surface area (Å²) in [4.78, 5) is 14.8. The van der Waals surface area contributed by atoms with E-state index >= 15 is 0 Å². The predicted molar refractivity (Wildman–Crippen MR) is 82.7 cm³/mol. The molecule has 1 amide bonds. The number of amides is 1. The molecule has 2 aliphatic heterocycles. The van der Waals surface area contributed by atoms with Gasteiger partial charge in [-0.2, -0.15) is 0 Å². The minimum Gasteiger partial charge on any atom is -0.352 e. The number of rotatable bonds is 5. The quantitative estimate of drug-likeness (QED) is 0.807. The van der Waals surface area contributed by atoms with Crippen LogP contribution in [0.15, 0.2) is 0 Å². The first-order valence-corrected chi connectivity index (χ1v) is 8.40. The van der Waals surface area contributed by atoms with Crippen molar-refractivity contribution in [3.63, 3.8) is 0 Å². The molecule has 2 heterocycles. The van der Waals surface area contributed by atoms with Gasteiger partial charge in [0.15, 0.2) is 0 Å². The fourth-order valence-corrected chi connectivity index (χ4v) is 3.65. The van der Waals surface area contributed by atoms with Crippen molar-refractivity contribution < 1.29 is 4.79 Å². The zero-order valence-electron chi connectivity index (χ0n) is 13.3. The van der Waals surface area contributed by atoms with Crippen LogP contribution < -0.4 is 10.6 Å². The van der Waals surface area contributed by atoms with Gasteiger partial charge in [0.25, 0.3) is 0 Å². The number of likely N-dealkylation sites (tertiary alicyclic amines) is 1. The Morgan fingerprint density at radius 3 is 2.65 bits per heavy atom. The molecule has 2 saturated heterocycles. The van der Waals surface area contributed by atoms with Gasteiger partial charge in [-0.25, -0.2) is 0 Å². The van der Waals surface area contributed by atoms with E-state index in [0.29, 0.717) is 6.04 Å². The van der Waals surface area contributed by atoms with E-state index in [-0.39, 0.29) is 18.0 Å². The van der Waals surface area contributed by atoms with Crippen LogP contribution in [0.25, 0.3) is 0 Å². The number of hydrogen-bond donors (Lipinski definition) is 2. The van der Waals surface area contributed by atoms with Crippen LogP contribution in [0.3, 0.4) is 0 Å². The minimum absolute atomic E-state index is 0.0198. The van der Waals surface area contributed by atoms with Crippen molar-refractivity contribution in [2.75, 3.05) is 19.6 Å². The summed E-state index contributed by atoms with van der Waals surface area (Å²) in [5, 5.41) is 6.58. The number of nitrogens with zero attached hydrogens (tertiary/aromatic N) is 1. The Bertz CT molecular complexity index is 315. The largest absolute Gasteiger partial charge is 0.352 e. The zero-order valence-corrected chi connectivity index (χ0v) is 13.3. The molecule has 116 valence electrons. The second-order valence-electron chi connectivity index (χ2n) is 6.53. The van der Waals surface area contributed by atoms with Crippen LogP contribution in [-0.4, -0.2) is 48.6 Å². The molecule has 0 aromatic heterocycles. The molecule has 0 aromatic rings. The third-order valence-corrected chi connectivity index (χ3v) is 5.15. The smallest absolute Gasteiger partial charge is 0.237 e. The van der Waals surface area contributed by atoms with E-state index in [1.54, 1.807) is 0 Å². The van der Waals surface area contributed by atoms with Crippen LogP contribution in [0.4, 0.5) is 0 Å². The summed E-state index contributed by atoms with van der Waals surface area (Å²) in [7, 11) is 0. The van der Waals surface area contributed by atoms with Gasteiger partial charge in [0.05, 0.1) is 6.04 Å². The van der Waals surface area contributed by atoms with Crippen LogP contribution in [-0.2, 0) is 4.79 Å². The Morgan fingerprint density at radius 2 is 2.00 bits per heavy atom. The highest BCUT2D eigenvalue weighted by Crippen LogP contribution is 2.30. The predicted octanol–water partition coefficient (Wildman–Crippen LogP) is 1.75. The highest BCUT2D eigenvalue weighted by Gasteiger charge is 2.37. The maximum Gasteiger partial charge on any atom is 0.237 e. The first kappa shape index (κ1) is 15.8. The van der Waals surface area contributed by atoms with E-state index < -0.39 is 0 Å². The third kappa shape index (κ3) is 3.73. The lowest BCUT2D eigenvalue weighted by atomic mass is 9.88. The highest BCUT2D eigenvalue weighted by molar-refractivity contribution is 5.81. The summed E-state index contributed by atoms with van der Waals surface area (Å²) >= 11 is 0. The van der Waals surface area contributed by atoms with Crippen LogP contribution in [0.5, 0.6) is 0 Å². The first-order chi connectivity index (χ1) is 9.63. The molecule has 4 heteroatoms. The van der Waals surface area contributed by atoms with Gasteiger partial charge >= 0.3 is 0 Å². The molecule has 2 rings (SSSR count). The fourth-order valence-electron chi connectivity index (χ4n) is 3.65. The van der Waals surface area contributed by atoms with Crippen molar-refractivity contribution in [3.05, 3.63) is 0 Å². The van der Waals surface area contributed by atoms with Crippen molar-refractivity contribution in [2.45, 2.75) is 71.0 Å². The molecule has 0 aliphatic carbocycles. The lowest BCUT2D eigenvalue weighted by molar-refractivity contribution is -0.127. The molecule has 2 aliphatic rings. The van der Waals surface area contributed by atoms with Gasteiger partial charge < -0.3 is 10.6 Å². The molecule has 0 spiro atoms. The molecule has 2 N–H and O–H groups in total. The molecule has 20 heavy (non-hydrogen) atoms. The van der Waals surface area contributed by atoms with Crippen molar-refractivity contribution >= 4 is 5.91 Å². The van der Waals surface area contributed by atoms with Gasteiger partial charge in [0, 0.05) is 12.1 Å². The van der Waals surface area contributed by atoms with Crippen molar-refractivity contribution in [3.8, 4) is 0 Å². The molecular weight excluding hydrogens is 250 g/mol. The molecule has 0 aromatic carbocycles. The summed E-state index contributed by atoms with van der Waals surface area (Å²) in [6, 6.07) is 0.922. The molecule has 3 atom stereocenters. The van der Waals surface area contributed by atoms with E-state index in [4.69, 9.17) is 0 Å². The lowest BCUT2D eigenvalue weighted by Crippen LogP contribution is -2.51. The third-order valence-electron chi connectivity index (χ3n) is 5.15. The van der Waals surface area contributed by atoms with E-state index in [2.05, 4.69) is 36.3 Å². The highest BCUT2D eigenvalue weighted by atomic mass is 16.2. The topological polar surface area (TPSA) is 44.4 Å². The van der Waals surface area contributed by atoms with Crippen LogP contribution in [0.1, 0.15) is 52.9 Å². The molecule has 4 nitrogen and oxygen atoms in total. The van der Waals surface area contributed by atoms with E-state index in [1.165, 1.54) is 25.7 Å². The Morgan fingerprint density at radius 1 is 1.30 bits per heavy atom. The van der Waals surface area contributed by atoms with Crippen molar-refractivity contribution in [1.29, 1.82) is 0 Å². The SMILES string of the molecule is CCC(C)NC(=O)C(C)N1CCCC1C1CCNCC1. The van der Waals surface area contributed by atoms with Crippen LogP contribution >= 0.6 is 0 Å². The zero-order chi connectivity index (χ0) is 14.5. The number of carbonyl (C=O) groups is 1. The molecule has 2 fully saturated rings. The average Bonchev–Trinajstić information content (AvgIpc) is 2.96. The second kappa shape index (κ2) is 7.41. The van der Waals surface area contributed by atoms with Gasteiger partial charge in [-0.3, -0.25) is 9.69 Å². The Labute approximate surface area is 123 Å². The molecule has 0 bridgehead atoms. The summed E-state index contributed by atoms with van der Waals surface area (Å²) < 4.78 is 0. The number of carbonyl (C=O) groups excluding carboxylic acids is 1. The first-order valence-electron chi connectivity index (χ1n) is 8.40. The Balaban J connectivity index is 1.93. The van der Waals surface area contributed by atoms with Gasteiger partial charge in [0.1, 0.15) is 0 Å². The van der Waals surface area contributed by atoms with Gasteiger partial charge in [-0.05, 0) is 71.5 Å². The molecule has 0 saturated carbocycles.